The highest BCUT2D eigenvalue weighted by atomic mass is 19.4. The third-order valence-corrected chi connectivity index (χ3v) is 18.9. The molecule has 0 aliphatic carbocycles. The summed E-state index contributed by atoms with van der Waals surface area (Å²) in [4.78, 5) is 41.2. The van der Waals surface area contributed by atoms with Crippen LogP contribution in [-0.2, 0) is 51.4 Å². The van der Waals surface area contributed by atoms with Crippen molar-refractivity contribution < 1.29 is 57.3 Å². The van der Waals surface area contributed by atoms with E-state index in [1.165, 1.54) is 33.9 Å². The smallest absolute Gasteiger partial charge is 0.488 e. The summed E-state index contributed by atoms with van der Waals surface area (Å²) in [6.07, 6.45) is 8.16. The number of hydrogen-bond acceptors (Lipinski definition) is 11. The van der Waals surface area contributed by atoms with Gasteiger partial charge in [0.25, 0.3) is 0 Å². The predicted octanol–water partition coefficient (Wildman–Crippen LogP) is 12.5. The fraction of sp³-hybridized carbons (Fsp3) is 0.284. The Hall–Kier alpha value is -9.26. The van der Waals surface area contributed by atoms with Gasteiger partial charge in [-0.15, -0.1) is 0 Å². The van der Waals surface area contributed by atoms with Gasteiger partial charge >= 0.3 is 20.4 Å². The molecule has 0 aromatic heterocycles. The summed E-state index contributed by atoms with van der Waals surface area (Å²) >= 11 is 0. The molecule has 0 saturated heterocycles. The zero-order valence-corrected chi connectivity index (χ0v) is 57.1. The third kappa shape index (κ3) is 17.6. The Morgan fingerprint density at radius 3 is 1.69 bits per heavy atom. The molecule has 10 rings (SSSR count). The largest absolute Gasteiger partial charge is 0.542 e. The lowest BCUT2D eigenvalue weighted by atomic mass is 9.77. The van der Waals surface area contributed by atoms with Gasteiger partial charge in [-0.3, -0.25) is 19.4 Å². The third-order valence-electron chi connectivity index (χ3n) is 18.9. The number of nitrogens with zero attached hydrogens (tertiary/aromatic N) is 4. The highest BCUT2D eigenvalue weighted by molar-refractivity contribution is 6.59. The number of rotatable bonds is 26. The number of anilines is 1. The van der Waals surface area contributed by atoms with Gasteiger partial charge in [0.2, 0.25) is 11.6 Å². The first-order valence-corrected chi connectivity index (χ1v) is 33.0. The van der Waals surface area contributed by atoms with Gasteiger partial charge in [0, 0.05) is 92.8 Å². The monoisotopic (exact) mass is 1340 g/mol. The van der Waals surface area contributed by atoms with E-state index in [4.69, 9.17) is 9.90 Å². The number of para-hydroxylation sites is 1. The van der Waals surface area contributed by atoms with Crippen LogP contribution in [0.25, 0.3) is 43.8 Å². The molecule has 99 heavy (non-hydrogen) atoms. The van der Waals surface area contributed by atoms with Crippen LogP contribution in [0.5, 0.6) is 0 Å². The van der Waals surface area contributed by atoms with Gasteiger partial charge in [-0.05, 0) is 172 Å². The Bertz CT molecular complexity index is 4460. The summed E-state index contributed by atoms with van der Waals surface area (Å²) in [6.45, 7) is 23.9. The molecule has 18 heteroatoms. The number of alkyl halides is 3. The molecule has 0 radical (unpaired) electrons. The average Bonchev–Trinajstić information content (AvgIpc) is 1.67. The Labute approximate surface area is 581 Å². The summed E-state index contributed by atoms with van der Waals surface area (Å²) in [5.74, 6) is -3.15. The molecule has 0 bridgehead atoms. The van der Waals surface area contributed by atoms with Crippen LogP contribution < -0.4 is 26.2 Å². The maximum absolute atomic E-state index is 12.8. The van der Waals surface area contributed by atoms with Crippen LogP contribution in [0, 0.1) is 0 Å². The first-order valence-electron chi connectivity index (χ1n) is 33.0. The second-order valence-electron chi connectivity index (χ2n) is 26.5. The van der Waals surface area contributed by atoms with E-state index in [0.717, 1.165) is 72.5 Å². The number of hydrogen-bond donors (Lipinski definition) is 5. The zero-order chi connectivity index (χ0) is 70.8. The number of halogens is 3. The molecule has 0 saturated carbocycles. The summed E-state index contributed by atoms with van der Waals surface area (Å²) in [5, 5.41) is 58.5. The van der Waals surface area contributed by atoms with E-state index in [-0.39, 0.29) is 29.9 Å². The van der Waals surface area contributed by atoms with Crippen LogP contribution in [0.15, 0.2) is 218 Å². The number of carbonyl (C=O) groups is 3. The van der Waals surface area contributed by atoms with E-state index in [1.54, 1.807) is 26.0 Å². The van der Waals surface area contributed by atoms with Crippen LogP contribution in [0.2, 0.25) is 0 Å². The normalized spacial score (nSPS) is 14.2. The second-order valence-corrected chi connectivity index (χ2v) is 26.5. The van der Waals surface area contributed by atoms with E-state index in [9.17, 15) is 42.9 Å². The van der Waals surface area contributed by atoms with Crippen molar-refractivity contribution in [3.05, 3.63) is 251 Å². The molecule has 13 nitrogen and oxygen atoms in total. The van der Waals surface area contributed by atoms with Gasteiger partial charge in [-0.1, -0.05) is 180 Å². The molecule has 514 valence electrons. The minimum Gasteiger partial charge on any atom is -0.542 e. The van der Waals surface area contributed by atoms with E-state index < -0.39 is 26.4 Å². The van der Waals surface area contributed by atoms with E-state index in [0.29, 0.717) is 87.1 Å². The van der Waals surface area contributed by atoms with Crippen molar-refractivity contribution >= 4 is 81.5 Å². The van der Waals surface area contributed by atoms with Crippen molar-refractivity contribution in [3.8, 4) is 22.3 Å². The van der Waals surface area contributed by atoms with Gasteiger partial charge in [0.1, 0.15) is 13.0 Å². The number of carbonyl (C=O) groups excluding carboxylic acids is 3. The number of carboxylic acid groups (broad SMARTS) is 1. The van der Waals surface area contributed by atoms with E-state index in [2.05, 4.69) is 219 Å². The van der Waals surface area contributed by atoms with Crippen molar-refractivity contribution in [3.63, 3.8) is 0 Å². The van der Waals surface area contributed by atoms with Crippen LogP contribution in [-0.4, -0.2) is 112 Å². The molecule has 0 unspecified atom stereocenters. The quantitative estimate of drug-likeness (QED) is 0.00870. The topological polar surface area (TPSA) is 180 Å². The molecular weight excluding hydrogens is 1250 g/mol. The van der Waals surface area contributed by atoms with Gasteiger partial charge in [0.15, 0.2) is 11.5 Å². The van der Waals surface area contributed by atoms with Gasteiger partial charge < -0.3 is 40.2 Å². The molecule has 2 aliphatic heterocycles. The minimum atomic E-state index is -5.19. The Balaban J connectivity index is 0.00000148. The van der Waals surface area contributed by atoms with Crippen molar-refractivity contribution in [2.45, 2.75) is 118 Å². The highest BCUT2D eigenvalue weighted by Crippen LogP contribution is 2.49. The molecule has 0 fully saturated rings. The Morgan fingerprint density at radius 1 is 0.606 bits per heavy atom. The molecule has 0 spiro atoms. The lowest BCUT2D eigenvalue weighted by Crippen LogP contribution is -2.37. The summed E-state index contributed by atoms with van der Waals surface area (Å²) in [7, 11) is 0.999. The number of allylic oxidation sites excluding steroid dienone is 7. The zero-order valence-electron chi connectivity index (χ0n) is 57.1. The van der Waals surface area contributed by atoms with Crippen molar-refractivity contribution in [1.82, 2.24) is 15.1 Å². The van der Waals surface area contributed by atoms with Gasteiger partial charge in [-0.2, -0.15) is 17.7 Å². The number of amides is 1. The first-order chi connectivity index (χ1) is 46.6. The molecule has 8 aromatic carbocycles. The summed E-state index contributed by atoms with van der Waals surface area (Å²) < 4.78 is 33.8. The maximum Gasteiger partial charge on any atom is 0.488 e. The Morgan fingerprint density at radius 2 is 1.12 bits per heavy atom. The number of unbranched alkanes of at least 4 members (excludes halogenated alkanes) is 1. The molecule has 1 amide bonds. The van der Waals surface area contributed by atoms with E-state index >= 15 is 0 Å². The number of carboxylic acids is 1. The molecular formula is C81H90B2F3N5O8. The highest BCUT2D eigenvalue weighted by Gasteiger charge is 2.43. The lowest BCUT2D eigenvalue weighted by molar-refractivity contribution is -0.401. The second kappa shape index (κ2) is 32.6. The number of aliphatic carboxylic acids is 1. The molecule has 8 aromatic rings. The van der Waals surface area contributed by atoms with Crippen molar-refractivity contribution in [2.75, 3.05) is 38.6 Å². The fourth-order valence-corrected chi connectivity index (χ4v) is 13.6. The average molecular weight is 1340 g/mol. The number of Topliss-reactive ketones (excluding diaryl/α,β-unsaturated/α-hetero) is 1. The predicted molar refractivity (Wildman–Crippen MR) is 395 cm³/mol. The van der Waals surface area contributed by atoms with Crippen LogP contribution in [0.4, 0.5) is 24.5 Å². The number of ketones is 1. The van der Waals surface area contributed by atoms with Gasteiger partial charge in [-0.25, -0.2) is 0 Å². The molecule has 2 heterocycles. The van der Waals surface area contributed by atoms with Gasteiger partial charge in [0.05, 0.1) is 5.41 Å². The number of fused-ring (bicyclic) bond motifs is 4. The summed E-state index contributed by atoms with van der Waals surface area (Å²) in [6, 6.07) is 54.5. The van der Waals surface area contributed by atoms with Crippen molar-refractivity contribution in [2.24, 2.45) is 0 Å². The summed E-state index contributed by atoms with van der Waals surface area (Å²) in [5.41, 5.74) is 17.2. The number of likely N-dealkylation sites (N-methyl/N-ethyl adjacent to an activating group) is 1. The van der Waals surface area contributed by atoms with E-state index in [1.807, 2.05) is 36.4 Å². The molecule has 0 atom stereocenters. The van der Waals surface area contributed by atoms with Crippen LogP contribution in [0.3, 0.4) is 0 Å². The number of nitrogens with one attached hydrogen (secondary N) is 1. The molecule has 2 aliphatic rings. The van der Waals surface area contributed by atoms with Crippen molar-refractivity contribution in [1.29, 1.82) is 0 Å². The minimum absolute atomic E-state index is 0. The fourth-order valence-electron chi connectivity index (χ4n) is 13.6. The SMILES string of the molecule is C.C=C(C)C(=O)CCCCN(Cc1ccccc1B(O)O)Cc1c2ccccc2c(CN(CCCNC(=O)C(=C)C)Cc2ccccc2B(O)O)c2ccc(-c3cccc(-c4ccc5c(c4)C(C)(C)/C(=C/C=C/C=C/C4=[N+](C)c6ccccc6C4(C)C)N5C)c3)cc12.O=C([O-])C(F)(F)F. The lowest BCUT2D eigenvalue weighted by Gasteiger charge is -2.28. The molecule has 5 N–H and O–H groups in total. The van der Waals surface area contributed by atoms with Crippen LogP contribution in [0.1, 0.15) is 108 Å². The maximum atomic E-state index is 12.8. The number of benzene rings is 8. The first kappa shape index (κ1) is 75.5. The standard InChI is InChI=1S/C78H85B2N5O6.C2HF3O2.CH4/c1-53(2)73(86)36-22-23-44-84(49-59-26-14-19-33-69(59)79(88)89)52-66-62-31-17-16-30-61(62)65(51-85(45-25-43-81-76(87)54(3)4)50-60-27-15-20-34-70(60)80(90)91)63-41-39-57(47-64(63)66)55-28-24-29-56(46-55)58-40-42-72-68(48-58)78(7,8)75(83(72)10)38-13-11-12-37-74-77(5,6)67-32-18-21-35-71(67)82(74)9;3-2(4,5)1(6)7;/h11-21,24,26-35,37-42,46-48,88-91H,1,3,22-23,25,36,43-45,49-52H2,2,4-10H3;(H,6,7);1H4. The Kier molecular flexibility index (Phi) is 24.9. The van der Waals surface area contributed by atoms with Crippen LogP contribution >= 0.6 is 0 Å².